The van der Waals surface area contributed by atoms with Crippen molar-refractivity contribution in [3.63, 3.8) is 0 Å². The maximum absolute atomic E-state index is 12.4. The summed E-state index contributed by atoms with van der Waals surface area (Å²) >= 11 is 0. The van der Waals surface area contributed by atoms with E-state index in [1.807, 2.05) is 18.2 Å². The first-order chi connectivity index (χ1) is 12.0. The van der Waals surface area contributed by atoms with E-state index in [0.717, 1.165) is 31.1 Å². The van der Waals surface area contributed by atoms with Gasteiger partial charge in [-0.25, -0.2) is 0 Å². The highest BCUT2D eigenvalue weighted by Gasteiger charge is 2.26. The normalized spacial score (nSPS) is 19.7. The molecule has 1 amide bonds. The molecule has 1 saturated heterocycles. The van der Waals surface area contributed by atoms with E-state index in [1.54, 1.807) is 31.4 Å². The first kappa shape index (κ1) is 20.2. The molecule has 3 N–H and O–H groups in total. The number of nitrogens with zero attached hydrogens (tertiary/aromatic N) is 1. The summed E-state index contributed by atoms with van der Waals surface area (Å²) in [7, 11) is 1.61. The SMILES string of the molecule is COc1ccc(C(=O)Nc2cccc(CN3CC(C)C(N)C3)c2)cc1.Cl. The lowest BCUT2D eigenvalue weighted by molar-refractivity contribution is 0.102. The number of anilines is 1. The van der Waals surface area contributed by atoms with Gasteiger partial charge in [-0.2, -0.15) is 0 Å². The van der Waals surface area contributed by atoms with Gasteiger partial charge in [-0.15, -0.1) is 12.4 Å². The van der Waals surface area contributed by atoms with Crippen molar-refractivity contribution in [2.24, 2.45) is 11.7 Å². The summed E-state index contributed by atoms with van der Waals surface area (Å²) in [5.41, 5.74) is 8.67. The molecule has 2 atom stereocenters. The van der Waals surface area contributed by atoms with Crippen LogP contribution >= 0.6 is 12.4 Å². The number of nitrogens with one attached hydrogen (secondary N) is 1. The Bertz CT molecular complexity index is 726. The van der Waals surface area contributed by atoms with Gasteiger partial charge in [0.1, 0.15) is 5.75 Å². The van der Waals surface area contributed by atoms with Gasteiger partial charge < -0.3 is 15.8 Å². The van der Waals surface area contributed by atoms with E-state index >= 15 is 0 Å². The largest absolute Gasteiger partial charge is 0.497 e. The van der Waals surface area contributed by atoms with Crippen LogP contribution < -0.4 is 15.8 Å². The molecule has 0 aromatic heterocycles. The third-order valence-corrected chi connectivity index (χ3v) is 4.69. The van der Waals surface area contributed by atoms with Gasteiger partial charge in [0.15, 0.2) is 0 Å². The van der Waals surface area contributed by atoms with Gasteiger partial charge in [0.2, 0.25) is 0 Å². The molecule has 2 aromatic carbocycles. The van der Waals surface area contributed by atoms with Crippen LogP contribution in [0.5, 0.6) is 5.75 Å². The zero-order chi connectivity index (χ0) is 17.8. The number of nitrogens with two attached hydrogens (primary N) is 1. The van der Waals surface area contributed by atoms with E-state index in [9.17, 15) is 4.79 Å². The Morgan fingerprint density at radius 3 is 2.58 bits per heavy atom. The minimum atomic E-state index is -0.128. The molecule has 140 valence electrons. The predicted molar refractivity (Wildman–Crippen MR) is 107 cm³/mol. The molecule has 1 heterocycles. The van der Waals surface area contributed by atoms with Crippen molar-refractivity contribution in [1.82, 2.24) is 4.90 Å². The van der Waals surface area contributed by atoms with E-state index in [4.69, 9.17) is 10.5 Å². The highest BCUT2D eigenvalue weighted by Crippen LogP contribution is 2.20. The molecule has 0 spiro atoms. The number of ether oxygens (including phenoxy) is 1. The first-order valence-corrected chi connectivity index (χ1v) is 8.57. The number of carbonyl (C=O) groups is 1. The summed E-state index contributed by atoms with van der Waals surface area (Å²) in [6, 6.07) is 15.3. The third-order valence-electron chi connectivity index (χ3n) is 4.69. The van der Waals surface area contributed by atoms with E-state index < -0.39 is 0 Å². The molecule has 2 unspecified atom stereocenters. The average molecular weight is 376 g/mol. The summed E-state index contributed by atoms with van der Waals surface area (Å²) in [5, 5.41) is 2.96. The molecule has 0 bridgehead atoms. The number of halogens is 1. The zero-order valence-electron chi connectivity index (χ0n) is 15.1. The van der Waals surface area contributed by atoms with Crippen molar-refractivity contribution in [2.75, 3.05) is 25.5 Å². The third kappa shape index (κ3) is 4.97. The van der Waals surface area contributed by atoms with Crippen molar-refractivity contribution in [3.05, 3.63) is 59.7 Å². The fourth-order valence-electron chi connectivity index (χ4n) is 3.18. The van der Waals surface area contributed by atoms with Crippen LogP contribution in [-0.4, -0.2) is 37.0 Å². The second-order valence-corrected chi connectivity index (χ2v) is 6.72. The molecule has 1 aliphatic rings. The van der Waals surface area contributed by atoms with Crippen molar-refractivity contribution >= 4 is 24.0 Å². The molecule has 2 aromatic rings. The number of carbonyl (C=O) groups excluding carboxylic acids is 1. The Balaban J connectivity index is 0.00000243. The van der Waals surface area contributed by atoms with Gasteiger partial charge >= 0.3 is 0 Å². The molecule has 0 saturated carbocycles. The lowest BCUT2D eigenvalue weighted by atomic mass is 10.1. The molecule has 5 nitrogen and oxygen atoms in total. The van der Waals surface area contributed by atoms with Crippen LogP contribution in [0.4, 0.5) is 5.69 Å². The molecule has 0 aliphatic carbocycles. The molecule has 1 aliphatic heterocycles. The van der Waals surface area contributed by atoms with Crippen LogP contribution in [0.1, 0.15) is 22.8 Å². The van der Waals surface area contributed by atoms with E-state index in [2.05, 4.69) is 23.2 Å². The minimum absolute atomic E-state index is 0. The fourth-order valence-corrected chi connectivity index (χ4v) is 3.18. The van der Waals surface area contributed by atoms with Gasteiger partial charge in [0.25, 0.3) is 5.91 Å². The Hall–Kier alpha value is -2.08. The first-order valence-electron chi connectivity index (χ1n) is 8.57. The Kier molecular flexibility index (Phi) is 7.03. The summed E-state index contributed by atoms with van der Waals surface area (Å²) in [6.45, 7) is 4.98. The van der Waals surface area contributed by atoms with E-state index in [0.29, 0.717) is 11.5 Å². The fraction of sp³-hybridized carbons (Fsp3) is 0.350. The smallest absolute Gasteiger partial charge is 0.255 e. The van der Waals surface area contributed by atoms with E-state index in [1.165, 1.54) is 5.56 Å². The second kappa shape index (κ2) is 9.03. The summed E-state index contributed by atoms with van der Waals surface area (Å²) in [4.78, 5) is 14.7. The van der Waals surface area contributed by atoms with Crippen LogP contribution in [0.25, 0.3) is 0 Å². The van der Waals surface area contributed by atoms with Crippen molar-refractivity contribution in [1.29, 1.82) is 0 Å². The number of benzene rings is 2. The van der Waals surface area contributed by atoms with Crippen LogP contribution in [0.15, 0.2) is 48.5 Å². The highest BCUT2D eigenvalue weighted by atomic mass is 35.5. The lowest BCUT2D eigenvalue weighted by Crippen LogP contribution is -2.28. The van der Waals surface area contributed by atoms with Gasteiger partial charge in [0.05, 0.1) is 7.11 Å². The molecule has 26 heavy (non-hydrogen) atoms. The average Bonchev–Trinajstić information content (AvgIpc) is 2.92. The molecule has 6 heteroatoms. The van der Waals surface area contributed by atoms with Crippen molar-refractivity contribution < 1.29 is 9.53 Å². The van der Waals surface area contributed by atoms with Crippen LogP contribution in [0.3, 0.4) is 0 Å². The molecular formula is C20H26ClN3O2. The van der Waals surface area contributed by atoms with Gasteiger partial charge in [-0.05, 0) is 47.9 Å². The Morgan fingerprint density at radius 2 is 1.96 bits per heavy atom. The minimum Gasteiger partial charge on any atom is -0.497 e. The Morgan fingerprint density at radius 1 is 1.23 bits per heavy atom. The van der Waals surface area contributed by atoms with Crippen molar-refractivity contribution in [3.8, 4) is 5.75 Å². The number of amides is 1. The summed E-state index contributed by atoms with van der Waals surface area (Å²) in [6.07, 6.45) is 0. The maximum atomic E-state index is 12.4. The summed E-state index contributed by atoms with van der Waals surface area (Å²) < 4.78 is 5.12. The number of likely N-dealkylation sites (tertiary alicyclic amines) is 1. The van der Waals surface area contributed by atoms with Crippen LogP contribution in [0, 0.1) is 5.92 Å². The predicted octanol–water partition coefficient (Wildman–Crippen LogP) is 3.15. The topological polar surface area (TPSA) is 67.6 Å². The second-order valence-electron chi connectivity index (χ2n) is 6.72. The Labute approximate surface area is 160 Å². The van der Waals surface area contributed by atoms with Crippen LogP contribution in [-0.2, 0) is 6.54 Å². The zero-order valence-corrected chi connectivity index (χ0v) is 16.0. The number of methoxy groups -OCH3 is 1. The number of rotatable bonds is 5. The molecular weight excluding hydrogens is 350 g/mol. The van der Waals surface area contributed by atoms with Gasteiger partial charge in [-0.3, -0.25) is 9.69 Å². The highest BCUT2D eigenvalue weighted by molar-refractivity contribution is 6.04. The monoisotopic (exact) mass is 375 g/mol. The van der Waals surface area contributed by atoms with E-state index in [-0.39, 0.29) is 24.4 Å². The van der Waals surface area contributed by atoms with Crippen molar-refractivity contribution in [2.45, 2.75) is 19.5 Å². The lowest BCUT2D eigenvalue weighted by Gasteiger charge is -2.16. The number of hydrogen-bond acceptors (Lipinski definition) is 4. The molecule has 1 fully saturated rings. The van der Waals surface area contributed by atoms with Gasteiger partial charge in [-0.1, -0.05) is 19.1 Å². The standard InChI is InChI=1S/C20H25N3O2.ClH/c1-14-11-23(13-19(14)21)12-15-4-3-5-17(10-15)22-20(24)16-6-8-18(25-2)9-7-16;/h3-10,14,19H,11-13,21H2,1-2H3,(H,22,24);1H. The molecule has 0 radical (unpaired) electrons. The summed E-state index contributed by atoms with van der Waals surface area (Å²) in [5.74, 6) is 1.13. The maximum Gasteiger partial charge on any atom is 0.255 e. The molecule has 3 rings (SSSR count). The van der Waals surface area contributed by atoms with Gasteiger partial charge in [0, 0.05) is 36.9 Å². The quantitative estimate of drug-likeness (QED) is 0.842. The van der Waals surface area contributed by atoms with Crippen LogP contribution in [0.2, 0.25) is 0 Å². The number of hydrogen-bond donors (Lipinski definition) is 2.